The molecule has 0 bridgehead atoms. The Hall–Kier alpha value is -1.16. The number of aromatic nitrogens is 4. The molecule has 90 valence electrons. The molecule has 1 fully saturated rings. The number of fused-ring (bicyclic) bond motifs is 1. The van der Waals surface area contributed by atoms with E-state index in [0.717, 1.165) is 16.7 Å². The van der Waals surface area contributed by atoms with Crippen LogP contribution >= 0.6 is 11.6 Å². The van der Waals surface area contributed by atoms with Gasteiger partial charge in [0, 0.05) is 6.20 Å². The van der Waals surface area contributed by atoms with Crippen LogP contribution in [0.1, 0.15) is 43.8 Å². The maximum atomic E-state index is 5.88. The average molecular weight is 251 g/mol. The zero-order valence-corrected chi connectivity index (χ0v) is 10.6. The lowest BCUT2D eigenvalue weighted by molar-refractivity contribution is 0.335. The van der Waals surface area contributed by atoms with Gasteiger partial charge in [-0.1, -0.05) is 19.3 Å². The standard InChI is InChI=1S/C12H15ClN4/c1-8-10-7-14-12(13)15-11(10)17(16-8)9-5-3-2-4-6-9/h7,9H,2-6H2,1H3. The molecule has 0 unspecified atom stereocenters. The van der Waals surface area contributed by atoms with Gasteiger partial charge in [0.2, 0.25) is 5.28 Å². The molecule has 4 nitrogen and oxygen atoms in total. The van der Waals surface area contributed by atoms with Gasteiger partial charge >= 0.3 is 0 Å². The maximum Gasteiger partial charge on any atom is 0.224 e. The summed E-state index contributed by atoms with van der Waals surface area (Å²) in [4.78, 5) is 8.35. The zero-order valence-electron chi connectivity index (χ0n) is 9.86. The van der Waals surface area contributed by atoms with Gasteiger partial charge in [-0.05, 0) is 31.4 Å². The topological polar surface area (TPSA) is 43.6 Å². The number of rotatable bonds is 1. The predicted octanol–water partition coefficient (Wildman–Crippen LogP) is 3.29. The minimum atomic E-state index is 0.300. The van der Waals surface area contributed by atoms with Crippen molar-refractivity contribution in [2.45, 2.75) is 45.1 Å². The first-order chi connectivity index (χ1) is 8.25. The van der Waals surface area contributed by atoms with E-state index in [0.29, 0.717) is 11.3 Å². The Labute approximate surface area is 105 Å². The molecule has 2 aromatic rings. The second kappa shape index (κ2) is 4.26. The lowest BCUT2D eigenvalue weighted by atomic mass is 9.96. The van der Waals surface area contributed by atoms with Crippen molar-refractivity contribution in [3.05, 3.63) is 17.2 Å². The Morgan fingerprint density at radius 3 is 2.82 bits per heavy atom. The van der Waals surface area contributed by atoms with E-state index in [2.05, 4.69) is 19.7 Å². The third-order valence-electron chi connectivity index (χ3n) is 3.52. The lowest BCUT2D eigenvalue weighted by Gasteiger charge is -2.22. The van der Waals surface area contributed by atoms with E-state index in [1.807, 2.05) is 6.92 Å². The Kier molecular flexibility index (Phi) is 2.74. The van der Waals surface area contributed by atoms with Crippen LogP contribution in [-0.2, 0) is 0 Å². The highest BCUT2D eigenvalue weighted by atomic mass is 35.5. The van der Waals surface area contributed by atoms with Crippen molar-refractivity contribution >= 4 is 22.6 Å². The van der Waals surface area contributed by atoms with E-state index in [-0.39, 0.29) is 0 Å². The summed E-state index contributed by atoms with van der Waals surface area (Å²) in [6, 6.07) is 0.478. The molecule has 0 amide bonds. The fourth-order valence-corrected chi connectivity index (χ4v) is 2.75. The molecule has 1 aliphatic carbocycles. The highest BCUT2D eigenvalue weighted by Crippen LogP contribution is 2.30. The summed E-state index contributed by atoms with van der Waals surface area (Å²) in [5, 5.41) is 5.92. The van der Waals surface area contributed by atoms with Gasteiger partial charge in [0.1, 0.15) is 0 Å². The van der Waals surface area contributed by atoms with Crippen molar-refractivity contribution < 1.29 is 0 Å². The molecule has 2 heterocycles. The molecule has 0 atom stereocenters. The monoisotopic (exact) mass is 250 g/mol. The van der Waals surface area contributed by atoms with Crippen LogP contribution in [0.5, 0.6) is 0 Å². The molecule has 0 radical (unpaired) electrons. The molecule has 3 rings (SSSR count). The molecule has 0 aliphatic heterocycles. The highest BCUT2D eigenvalue weighted by Gasteiger charge is 2.20. The Morgan fingerprint density at radius 1 is 1.29 bits per heavy atom. The van der Waals surface area contributed by atoms with Crippen molar-refractivity contribution in [3.63, 3.8) is 0 Å². The molecule has 5 heteroatoms. The SMILES string of the molecule is Cc1nn(C2CCCCC2)c2nc(Cl)ncc12. The van der Waals surface area contributed by atoms with Gasteiger partial charge in [-0.15, -0.1) is 0 Å². The predicted molar refractivity (Wildman–Crippen MR) is 67.2 cm³/mol. The summed E-state index contributed by atoms with van der Waals surface area (Å²) < 4.78 is 2.05. The van der Waals surface area contributed by atoms with Gasteiger partial charge in [0.05, 0.1) is 17.1 Å². The van der Waals surface area contributed by atoms with Crippen LogP contribution in [0.4, 0.5) is 0 Å². The van der Waals surface area contributed by atoms with Crippen LogP contribution in [0.15, 0.2) is 6.20 Å². The van der Waals surface area contributed by atoms with E-state index in [4.69, 9.17) is 11.6 Å². The largest absolute Gasteiger partial charge is 0.244 e. The van der Waals surface area contributed by atoms with Gasteiger partial charge in [-0.2, -0.15) is 10.1 Å². The Morgan fingerprint density at radius 2 is 2.06 bits per heavy atom. The fourth-order valence-electron chi connectivity index (χ4n) is 2.62. The molecule has 0 aromatic carbocycles. The Balaban J connectivity index is 2.11. The number of hydrogen-bond donors (Lipinski definition) is 0. The van der Waals surface area contributed by atoms with Crippen LogP contribution in [0.2, 0.25) is 5.28 Å². The zero-order chi connectivity index (χ0) is 11.8. The van der Waals surface area contributed by atoms with Crippen molar-refractivity contribution in [3.8, 4) is 0 Å². The summed E-state index contributed by atoms with van der Waals surface area (Å²) in [5.74, 6) is 0. The van der Waals surface area contributed by atoms with Gasteiger partial charge in [0.15, 0.2) is 5.65 Å². The summed E-state index contributed by atoms with van der Waals surface area (Å²) in [6.07, 6.45) is 8.06. The number of hydrogen-bond acceptors (Lipinski definition) is 3. The molecule has 1 saturated carbocycles. The average Bonchev–Trinajstić information content (AvgIpc) is 2.67. The number of aryl methyl sites for hydroxylation is 1. The van der Waals surface area contributed by atoms with Crippen molar-refractivity contribution in [2.75, 3.05) is 0 Å². The summed E-state index contributed by atoms with van der Waals surface area (Å²) >= 11 is 5.88. The minimum absolute atomic E-state index is 0.300. The van der Waals surface area contributed by atoms with Crippen LogP contribution < -0.4 is 0 Å². The molecule has 1 aliphatic rings. The van der Waals surface area contributed by atoms with Crippen LogP contribution in [0.25, 0.3) is 11.0 Å². The molecule has 2 aromatic heterocycles. The molecule has 17 heavy (non-hydrogen) atoms. The second-order valence-corrected chi connectivity index (χ2v) is 5.04. The third kappa shape index (κ3) is 1.90. The summed E-state index contributed by atoms with van der Waals surface area (Å²) in [7, 11) is 0. The first-order valence-corrected chi connectivity index (χ1v) is 6.51. The third-order valence-corrected chi connectivity index (χ3v) is 3.71. The summed E-state index contributed by atoms with van der Waals surface area (Å²) in [5.41, 5.74) is 1.87. The normalized spacial score (nSPS) is 17.8. The van der Waals surface area contributed by atoms with E-state index in [1.165, 1.54) is 32.1 Å². The van der Waals surface area contributed by atoms with E-state index < -0.39 is 0 Å². The first-order valence-electron chi connectivity index (χ1n) is 6.13. The van der Waals surface area contributed by atoms with Crippen LogP contribution in [0.3, 0.4) is 0 Å². The van der Waals surface area contributed by atoms with E-state index >= 15 is 0 Å². The number of nitrogens with zero attached hydrogens (tertiary/aromatic N) is 4. The molecule has 0 N–H and O–H groups in total. The van der Waals surface area contributed by atoms with E-state index in [9.17, 15) is 0 Å². The maximum absolute atomic E-state index is 5.88. The number of halogens is 1. The highest BCUT2D eigenvalue weighted by molar-refractivity contribution is 6.28. The fraction of sp³-hybridized carbons (Fsp3) is 0.583. The van der Waals surface area contributed by atoms with Gasteiger partial charge in [-0.3, -0.25) is 0 Å². The van der Waals surface area contributed by atoms with Gasteiger partial charge < -0.3 is 0 Å². The van der Waals surface area contributed by atoms with Gasteiger partial charge in [0.25, 0.3) is 0 Å². The summed E-state index contributed by atoms with van der Waals surface area (Å²) in [6.45, 7) is 2.00. The van der Waals surface area contributed by atoms with Crippen LogP contribution in [-0.4, -0.2) is 19.7 Å². The Bertz CT molecular complexity index is 543. The van der Waals surface area contributed by atoms with Crippen molar-refractivity contribution in [1.29, 1.82) is 0 Å². The lowest BCUT2D eigenvalue weighted by Crippen LogP contribution is -2.14. The smallest absolute Gasteiger partial charge is 0.224 e. The molecular formula is C12H15ClN4. The molecule has 0 spiro atoms. The first kappa shape index (κ1) is 11.0. The van der Waals surface area contributed by atoms with E-state index in [1.54, 1.807) is 6.20 Å². The van der Waals surface area contributed by atoms with Gasteiger partial charge in [-0.25, -0.2) is 9.67 Å². The molecule has 0 saturated heterocycles. The van der Waals surface area contributed by atoms with Crippen molar-refractivity contribution in [1.82, 2.24) is 19.7 Å². The quantitative estimate of drug-likeness (QED) is 0.730. The molecular weight excluding hydrogens is 236 g/mol. The minimum Gasteiger partial charge on any atom is -0.244 e. The van der Waals surface area contributed by atoms with Crippen molar-refractivity contribution in [2.24, 2.45) is 0 Å². The second-order valence-electron chi connectivity index (χ2n) is 4.70. The van der Waals surface area contributed by atoms with Crippen LogP contribution in [0, 0.1) is 6.92 Å².